The highest BCUT2D eigenvalue weighted by Gasteiger charge is 2.16. The highest BCUT2D eigenvalue weighted by Crippen LogP contribution is 1.89. The normalized spacial score (nSPS) is 11.3. The standard InChI is InChI=1S/C10H20N4O4/c1-4-7(8(15)16)13-9(17)11-5-6-12-10(18)14(2)3/h7H,4-6H2,1-3H3,(H,12,18)(H,15,16)(H2,11,13,17)/t7-/m1/s1. The number of nitrogens with zero attached hydrogens (tertiary/aromatic N) is 1. The predicted octanol–water partition coefficient (Wildman–Crippen LogP) is -0.580. The second-order valence-corrected chi connectivity index (χ2v) is 3.83. The molecule has 0 aromatic heterocycles. The molecule has 18 heavy (non-hydrogen) atoms. The van der Waals surface area contributed by atoms with E-state index >= 15 is 0 Å². The van der Waals surface area contributed by atoms with Crippen molar-refractivity contribution >= 4 is 18.0 Å². The summed E-state index contributed by atoms with van der Waals surface area (Å²) in [5.41, 5.74) is 0. The van der Waals surface area contributed by atoms with Gasteiger partial charge in [-0.2, -0.15) is 0 Å². The molecule has 0 aliphatic rings. The summed E-state index contributed by atoms with van der Waals surface area (Å²) in [5.74, 6) is -1.08. The second kappa shape index (κ2) is 8.15. The highest BCUT2D eigenvalue weighted by atomic mass is 16.4. The van der Waals surface area contributed by atoms with E-state index in [1.165, 1.54) is 4.90 Å². The fraction of sp³-hybridized carbons (Fsp3) is 0.700. The third-order valence-electron chi connectivity index (χ3n) is 2.10. The molecule has 0 radical (unpaired) electrons. The van der Waals surface area contributed by atoms with Crippen molar-refractivity contribution < 1.29 is 19.5 Å². The van der Waals surface area contributed by atoms with Crippen molar-refractivity contribution in [1.82, 2.24) is 20.9 Å². The third kappa shape index (κ3) is 6.56. The largest absolute Gasteiger partial charge is 0.480 e. The summed E-state index contributed by atoms with van der Waals surface area (Å²) in [7, 11) is 3.21. The van der Waals surface area contributed by atoms with Gasteiger partial charge in [-0.3, -0.25) is 0 Å². The van der Waals surface area contributed by atoms with E-state index in [0.29, 0.717) is 6.42 Å². The van der Waals surface area contributed by atoms with Crippen LogP contribution in [0.15, 0.2) is 0 Å². The average molecular weight is 260 g/mol. The van der Waals surface area contributed by atoms with Crippen LogP contribution in [0.5, 0.6) is 0 Å². The Balaban J connectivity index is 3.78. The first-order valence-corrected chi connectivity index (χ1v) is 5.60. The number of nitrogens with one attached hydrogen (secondary N) is 3. The Bertz CT molecular complexity index is 306. The van der Waals surface area contributed by atoms with Crippen molar-refractivity contribution in [3.63, 3.8) is 0 Å². The molecular weight excluding hydrogens is 240 g/mol. The fourth-order valence-electron chi connectivity index (χ4n) is 1.05. The lowest BCUT2D eigenvalue weighted by atomic mass is 10.2. The molecule has 4 N–H and O–H groups in total. The van der Waals surface area contributed by atoms with Crippen molar-refractivity contribution in [1.29, 1.82) is 0 Å². The molecule has 0 aromatic carbocycles. The van der Waals surface area contributed by atoms with Crippen LogP contribution in [-0.4, -0.2) is 61.3 Å². The number of amides is 4. The second-order valence-electron chi connectivity index (χ2n) is 3.83. The van der Waals surface area contributed by atoms with Gasteiger partial charge in [0.1, 0.15) is 6.04 Å². The molecule has 0 unspecified atom stereocenters. The Labute approximate surface area is 106 Å². The van der Waals surface area contributed by atoms with E-state index in [1.807, 2.05) is 0 Å². The molecule has 0 rings (SSSR count). The van der Waals surface area contributed by atoms with Crippen LogP contribution in [0, 0.1) is 0 Å². The fourth-order valence-corrected chi connectivity index (χ4v) is 1.05. The van der Waals surface area contributed by atoms with E-state index < -0.39 is 18.0 Å². The first-order chi connectivity index (χ1) is 8.38. The number of carbonyl (C=O) groups is 3. The van der Waals surface area contributed by atoms with Crippen molar-refractivity contribution in [3.8, 4) is 0 Å². The topological polar surface area (TPSA) is 111 Å². The van der Waals surface area contributed by atoms with E-state index in [2.05, 4.69) is 16.0 Å². The maximum absolute atomic E-state index is 11.3. The lowest BCUT2D eigenvalue weighted by Gasteiger charge is -2.14. The number of carboxylic acids is 1. The number of aliphatic carboxylic acids is 1. The summed E-state index contributed by atoms with van der Waals surface area (Å²) < 4.78 is 0. The molecule has 8 nitrogen and oxygen atoms in total. The number of urea groups is 2. The Morgan fingerprint density at radius 1 is 1.17 bits per heavy atom. The molecule has 0 fully saturated rings. The maximum Gasteiger partial charge on any atom is 0.326 e. The Morgan fingerprint density at radius 3 is 2.17 bits per heavy atom. The number of hydrogen-bond donors (Lipinski definition) is 4. The van der Waals surface area contributed by atoms with Gasteiger partial charge in [0.25, 0.3) is 0 Å². The Morgan fingerprint density at radius 2 is 1.72 bits per heavy atom. The van der Waals surface area contributed by atoms with Gasteiger partial charge in [-0.1, -0.05) is 6.92 Å². The molecular formula is C10H20N4O4. The molecule has 8 heteroatoms. The van der Waals surface area contributed by atoms with Crippen LogP contribution in [0.4, 0.5) is 9.59 Å². The van der Waals surface area contributed by atoms with Crippen LogP contribution in [0.1, 0.15) is 13.3 Å². The predicted molar refractivity (Wildman–Crippen MR) is 65.3 cm³/mol. The van der Waals surface area contributed by atoms with E-state index in [4.69, 9.17) is 5.11 Å². The smallest absolute Gasteiger partial charge is 0.326 e. The SMILES string of the molecule is CC[C@@H](NC(=O)NCCNC(=O)N(C)C)C(=O)O. The minimum atomic E-state index is -1.08. The van der Waals surface area contributed by atoms with Crippen molar-refractivity contribution in [2.24, 2.45) is 0 Å². The summed E-state index contributed by atoms with van der Waals surface area (Å²) in [4.78, 5) is 34.4. The number of rotatable bonds is 6. The minimum Gasteiger partial charge on any atom is -0.480 e. The molecule has 1 atom stereocenters. The molecule has 0 saturated carbocycles. The molecule has 0 aliphatic carbocycles. The quantitative estimate of drug-likeness (QED) is 0.479. The lowest BCUT2D eigenvalue weighted by molar-refractivity contribution is -0.139. The number of carboxylic acid groups (broad SMARTS) is 1. The molecule has 4 amide bonds. The van der Waals surface area contributed by atoms with Gasteiger partial charge < -0.3 is 26.0 Å². The van der Waals surface area contributed by atoms with Crippen LogP contribution >= 0.6 is 0 Å². The monoisotopic (exact) mass is 260 g/mol. The van der Waals surface area contributed by atoms with Crippen LogP contribution in [-0.2, 0) is 4.79 Å². The molecule has 0 bridgehead atoms. The van der Waals surface area contributed by atoms with E-state index in [9.17, 15) is 14.4 Å². The van der Waals surface area contributed by atoms with E-state index in [1.54, 1.807) is 21.0 Å². The molecule has 0 heterocycles. The van der Waals surface area contributed by atoms with Gasteiger partial charge in [-0.15, -0.1) is 0 Å². The average Bonchev–Trinajstić information content (AvgIpc) is 2.30. The number of carbonyl (C=O) groups excluding carboxylic acids is 2. The van der Waals surface area contributed by atoms with Crippen molar-refractivity contribution in [3.05, 3.63) is 0 Å². The zero-order valence-electron chi connectivity index (χ0n) is 10.8. The summed E-state index contributed by atoms with van der Waals surface area (Å²) >= 11 is 0. The van der Waals surface area contributed by atoms with Gasteiger partial charge in [0, 0.05) is 27.2 Å². The highest BCUT2D eigenvalue weighted by molar-refractivity contribution is 5.82. The van der Waals surface area contributed by atoms with Crippen molar-refractivity contribution in [2.45, 2.75) is 19.4 Å². The first-order valence-electron chi connectivity index (χ1n) is 5.60. The van der Waals surface area contributed by atoms with Gasteiger partial charge in [0.15, 0.2) is 0 Å². The van der Waals surface area contributed by atoms with Gasteiger partial charge in [0.2, 0.25) is 0 Å². The number of hydrogen-bond acceptors (Lipinski definition) is 3. The van der Waals surface area contributed by atoms with Crippen LogP contribution < -0.4 is 16.0 Å². The Hall–Kier alpha value is -1.99. The van der Waals surface area contributed by atoms with Crippen LogP contribution in [0.3, 0.4) is 0 Å². The minimum absolute atomic E-state index is 0.224. The molecule has 0 aromatic rings. The summed E-state index contributed by atoms with van der Waals surface area (Å²) in [5, 5.41) is 16.0. The summed E-state index contributed by atoms with van der Waals surface area (Å²) in [6, 6.07) is -1.72. The first kappa shape index (κ1) is 16.0. The summed E-state index contributed by atoms with van der Waals surface area (Å²) in [6.07, 6.45) is 0.306. The van der Waals surface area contributed by atoms with Gasteiger partial charge in [0.05, 0.1) is 0 Å². The Kier molecular flexibility index (Phi) is 7.25. The molecule has 0 saturated heterocycles. The van der Waals surface area contributed by atoms with E-state index in [-0.39, 0.29) is 19.1 Å². The van der Waals surface area contributed by atoms with E-state index in [0.717, 1.165) is 0 Å². The molecule has 0 aliphatic heterocycles. The lowest BCUT2D eigenvalue weighted by Crippen LogP contribution is -2.47. The van der Waals surface area contributed by atoms with Gasteiger partial charge >= 0.3 is 18.0 Å². The summed E-state index contributed by atoms with van der Waals surface area (Å²) in [6.45, 7) is 2.16. The molecule has 0 spiro atoms. The van der Waals surface area contributed by atoms with Gasteiger partial charge in [-0.25, -0.2) is 14.4 Å². The maximum atomic E-state index is 11.3. The van der Waals surface area contributed by atoms with Crippen LogP contribution in [0.25, 0.3) is 0 Å². The molecule has 104 valence electrons. The zero-order valence-corrected chi connectivity index (χ0v) is 10.8. The van der Waals surface area contributed by atoms with Gasteiger partial charge in [-0.05, 0) is 6.42 Å². The third-order valence-corrected chi connectivity index (χ3v) is 2.10. The van der Waals surface area contributed by atoms with Crippen LogP contribution in [0.2, 0.25) is 0 Å². The zero-order chi connectivity index (χ0) is 14.1. The van der Waals surface area contributed by atoms with Crippen molar-refractivity contribution in [2.75, 3.05) is 27.2 Å².